The Bertz CT molecular complexity index is 485. The molecular weight excluding hydrogens is 284 g/mol. The number of benzene rings is 1. The van der Waals surface area contributed by atoms with E-state index >= 15 is 0 Å². The van der Waals surface area contributed by atoms with Gasteiger partial charge >= 0.3 is 12.0 Å². The van der Waals surface area contributed by atoms with Crippen molar-refractivity contribution in [1.29, 1.82) is 0 Å². The summed E-state index contributed by atoms with van der Waals surface area (Å²) in [6, 6.07) is 7.15. The summed E-state index contributed by atoms with van der Waals surface area (Å²) in [6.07, 6.45) is 0.462. The minimum absolute atomic E-state index is 0.0480. The molecule has 0 saturated carbocycles. The van der Waals surface area contributed by atoms with Crippen LogP contribution in [0.1, 0.15) is 38.3 Å². The van der Waals surface area contributed by atoms with E-state index in [9.17, 15) is 9.59 Å². The van der Waals surface area contributed by atoms with Crippen LogP contribution in [0.5, 0.6) is 5.75 Å². The Labute approximate surface area is 130 Å². The van der Waals surface area contributed by atoms with Gasteiger partial charge in [-0.05, 0) is 30.0 Å². The summed E-state index contributed by atoms with van der Waals surface area (Å²) in [5.41, 5.74) is 0.997. The Balaban J connectivity index is 2.56. The average molecular weight is 308 g/mol. The first-order chi connectivity index (χ1) is 10.4. The number of hydrogen-bond donors (Lipinski definition) is 3. The van der Waals surface area contributed by atoms with Crippen LogP contribution >= 0.6 is 0 Å². The molecule has 0 radical (unpaired) electrons. The van der Waals surface area contributed by atoms with Crippen LogP contribution in [-0.4, -0.2) is 30.8 Å². The van der Waals surface area contributed by atoms with Gasteiger partial charge < -0.3 is 20.5 Å². The third-order valence-corrected chi connectivity index (χ3v) is 3.28. The summed E-state index contributed by atoms with van der Waals surface area (Å²) in [5, 5.41) is 14.1. The number of amides is 2. The van der Waals surface area contributed by atoms with Gasteiger partial charge in [-0.2, -0.15) is 0 Å². The molecule has 2 amide bonds. The first-order valence-electron chi connectivity index (χ1n) is 7.34. The van der Waals surface area contributed by atoms with Crippen molar-refractivity contribution in [3.05, 3.63) is 29.8 Å². The maximum absolute atomic E-state index is 11.9. The highest BCUT2D eigenvalue weighted by Crippen LogP contribution is 2.23. The van der Waals surface area contributed by atoms with Crippen molar-refractivity contribution in [3.8, 4) is 5.75 Å². The molecule has 1 rings (SSSR count). The number of ether oxygens (including phenoxy) is 1. The van der Waals surface area contributed by atoms with Crippen molar-refractivity contribution in [3.63, 3.8) is 0 Å². The first kappa shape index (κ1) is 17.8. The molecule has 122 valence electrons. The molecule has 0 aliphatic carbocycles. The Morgan fingerprint density at radius 1 is 1.23 bits per heavy atom. The molecule has 0 heterocycles. The molecule has 6 nitrogen and oxygen atoms in total. The highest BCUT2D eigenvalue weighted by molar-refractivity contribution is 5.74. The van der Waals surface area contributed by atoms with Crippen molar-refractivity contribution in [2.45, 2.75) is 32.7 Å². The van der Waals surface area contributed by atoms with Gasteiger partial charge in [0, 0.05) is 13.0 Å². The largest absolute Gasteiger partial charge is 0.497 e. The summed E-state index contributed by atoms with van der Waals surface area (Å²) >= 11 is 0. The fourth-order valence-electron chi connectivity index (χ4n) is 2.08. The summed E-state index contributed by atoms with van der Waals surface area (Å²) in [5.74, 6) is 0.128. The Morgan fingerprint density at radius 3 is 2.36 bits per heavy atom. The van der Waals surface area contributed by atoms with Crippen molar-refractivity contribution in [1.82, 2.24) is 10.6 Å². The number of aliphatic carboxylic acids is 1. The normalized spacial score (nSPS) is 11.8. The minimum atomic E-state index is -0.861. The summed E-state index contributed by atoms with van der Waals surface area (Å²) in [7, 11) is 1.61. The Hall–Kier alpha value is -2.24. The SMILES string of the molecule is COc1ccc(C(NC(=O)NCCCC(=O)O)C(C)C)cc1. The molecule has 0 aliphatic rings. The molecule has 0 saturated heterocycles. The number of rotatable bonds is 8. The second-order valence-corrected chi connectivity index (χ2v) is 5.39. The van der Waals surface area contributed by atoms with Crippen LogP contribution in [0, 0.1) is 5.92 Å². The van der Waals surface area contributed by atoms with Crippen LogP contribution < -0.4 is 15.4 Å². The number of carbonyl (C=O) groups is 2. The maximum atomic E-state index is 11.9. The topological polar surface area (TPSA) is 87.7 Å². The van der Waals surface area contributed by atoms with Crippen molar-refractivity contribution in [2.24, 2.45) is 5.92 Å². The lowest BCUT2D eigenvalue weighted by molar-refractivity contribution is -0.137. The Morgan fingerprint density at radius 2 is 1.86 bits per heavy atom. The fourth-order valence-corrected chi connectivity index (χ4v) is 2.08. The molecule has 0 fully saturated rings. The van der Waals surface area contributed by atoms with Crippen LogP contribution in [0.25, 0.3) is 0 Å². The lowest BCUT2D eigenvalue weighted by Gasteiger charge is -2.23. The number of nitrogens with one attached hydrogen (secondary N) is 2. The predicted octanol–water partition coefficient (Wildman–Crippen LogP) is 2.56. The van der Waals surface area contributed by atoms with E-state index in [1.807, 2.05) is 38.1 Å². The van der Waals surface area contributed by atoms with E-state index in [1.165, 1.54) is 0 Å². The van der Waals surface area contributed by atoms with Crippen LogP contribution in [0.2, 0.25) is 0 Å². The molecule has 22 heavy (non-hydrogen) atoms. The molecule has 1 aromatic carbocycles. The minimum Gasteiger partial charge on any atom is -0.497 e. The van der Waals surface area contributed by atoms with E-state index in [2.05, 4.69) is 10.6 Å². The Kier molecular flexibility index (Phi) is 7.22. The van der Waals surface area contributed by atoms with Gasteiger partial charge in [0.25, 0.3) is 0 Å². The smallest absolute Gasteiger partial charge is 0.315 e. The average Bonchev–Trinajstić information content (AvgIpc) is 2.49. The van der Waals surface area contributed by atoms with Gasteiger partial charge in [-0.1, -0.05) is 26.0 Å². The van der Waals surface area contributed by atoms with Crippen LogP contribution in [-0.2, 0) is 4.79 Å². The van der Waals surface area contributed by atoms with E-state index in [0.29, 0.717) is 13.0 Å². The number of urea groups is 1. The molecular formula is C16H24N2O4. The molecule has 3 N–H and O–H groups in total. The van der Waals surface area contributed by atoms with Crippen LogP contribution in [0.15, 0.2) is 24.3 Å². The van der Waals surface area contributed by atoms with Gasteiger partial charge in [0.2, 0.25) is 0 Å². The zero-order chi connectivity index (χ0) is 16.5. The zero-order valence-electron chi connectivity index (χ0n) is 13.3. The third kappa shape index (κ3) is 6.03. The monoisotopic (exact) mass is 308 g/mol. The van der Waals surface area contributed by atoms with Gasteiger partial charge in [-0.3, -0.25) is 4.79 Å². The molecule has 0 aliphatic heterocycles. The second kappa shape index (κ2) is 8.92. The molecule has 1 aromatic rings. The summed E-state index contributed by atoms with van der Waals surface area (Å²) in [6.45, 7) is 4.39. The summed E-state index contributed by atoms with van der Waals surface area (Å²) < 4.78 is 5.13. The lowest BCUT2D eigenvalue weighted by Crippen LogP contribution is -2.40. The highest BCUT2D eigenvalue weighted by atomic mass is 16.5. The zero-order valence-corrected chi connectivity index (χ0v) is 13.3. The van der Waals surface area contributed by atoms with E-state index in [4.69, 9.17) is 9.84 Å². The maximum Gasteiger partial charge on any atom is 0.315 e. The molecule has 0 aromatic heterocycles. The van der Waals surface area contributed by atoms with Crippen LogP contribution in [0.3, 0.4) is 0 Å². The second-order valence-electron chi connectivity index (χ2n) is 5.39. The number of hydrogen-bond acceptors (Lipinski definition) is 3. The lowest BCUT2D eigenvalue weighted by atomic mass is 9.96. The van der Waals surface area contributed by atoms with Crippen LogP contribution in [0.4, 0.5) is 4.79 Å². The van der Waals surface area contributed by atoms with E-state index in [0.717, 1.165) is 11.3 Å². The molecule has 0 spiro atoms. The van der Waals surface area contributed by atoms with Crippen molar-refractivity contribution >= 4 is 12.0 Å². The van der Waals surface area contributed by atoms with E-state index in [-0.39, 0.29) is 24.4 Å². The highest BCUT2D eigenvalue weighted by Gasteiger charge is 2.18. The van der Waals surface area contributed by atoms with Gasteiger partial charge in [0.05, 0.1) is 13.2 Å². The quantitative estimate of drug-likeness (QED) is 0.644. The van der Waals surface area contributed by atoms with E-state index < -0.39 is 5.97 Å². The summed E-state index contributed by atoms with van der Waals surface area (Å²) in [4.78, 5) is 22.3. The molecule has 1 unspecified atom stereocenters. The van der Waals surface area contributed by atoms with Crippen molar-refractivity contribution in [2.75, 3.05) is 13.7 Å². The van der Waals surface area contributed by atoms with Crippen molar-refractivity contribution < 1.29 is 19.4 Å². The fraction of sp³-hybridized carbons (Fsp3) is 0.500. The predicted molar refractivity (Wildman–Crippen MR) is 84.0 cm³/mol. The van der Waals surface area contributed by atoms with Gasteiger partial charge in [-0.25, -0.2) is 4.79 Å². The first-order valence-corrected chi connectivity index (χ1v) is 7.34. The molecule has 6 heteroatoms. The molecule has 1 atom stereocenters. The number of carbonyl (C=O) groups excluding carboxylic acids is 1. The molecule has 0 bridgehead atoms. The van der Waals surface area contributed by atoms with E-state index in [1.54, 1.807) is 7.11 Å². The van der Waals surface area contributed by atoms with Gasteiger partial charge in [-0.15, -0.1) is 0 Å². The third-order valence-electron chi connectivity index (χ3n) is 3.28. The standard InChI is InChI=1S/C16H24N2O4/c1-11(2)15(12-6-8-13(22-3)9-7-12)18-16(21)17-10-4-5-14(19)20/h6-9,11,15H,4-5,10H2,1-3H3,(H,19,20)(H2,17,18,21). The van der Waals surface area contributed by atoms with Gasteiger partial charge in [0.15, 0.2) is 0 Å². The number of methoxy groups -OCH3 is 1. The number of carboxylic acid groups (broad SMARTS) is 1. The van der Waals surface area contributed by atoms with Gasteiger partial charge in [0.1, 0.15) is 5.75 Å². The number of carboxylic acids is 1.